The van der Waals surface area contributed by atoms with Crippen LogP contribution in [0.3, 0.4) is 0 Å². The third-order valence-electron chi connectivity index (χ3n) is 13.1. The van der Waals surface area contributed by atoms with E-state index in [0.717, 1.165) is 131 Å². The molecule has 0 spiro atoms. The Morgan fingerprint density at radius 2 is 0.683 bits per heavy atom. The molecule has 7 aromatic rings. The Kier molecular flexibility index (Phi) is 9.36. The van der Waals surface area contributed by atoms with Crippen molar-refractivity contribution in [3.05, 3.63) is 168 Å². The lowest BCUT2D eigenvalue weighted by atomic mass is 9.71. The van der Waals surface area contributed by atoms with Crippen molar-refractivity contribution < 1.29 is 18.3 Å². The predicted octanol–water partition coefficient (Wildman–Crippen LogP) is 16.5. The quantitative estimate of drug-likeness (QED) is 0.167. The van der Waals surface area contributed by atoms with Crippen LogP contribution >= 0.6 is 0 Å². The number of para-hydroxylation sites is 8. The first-order chi connectivity index (χ1) is 29.6. The van der Waals surface area contributed by atoms with Crippen LogP contribution in [-0.4, -0.2) is 0 Å². The Morgan fingerprint density at radius 1 is 0.367 bits per heavy atom. The minimum Gasteiger partial charge on any atom is -0.453 e. The van der Waals surface area contributed by atoms with E-state index in [2.05, 4.69) is 82.6 Å². The van der Waals surface area contributed by atoms with Crippen molar-refractivity contribution in [3.8, 4) is 45.3 Å². The van der Waals surface area contributed by atoms with Gasteiger partial charge in [-0.1, -0.05) is 111 Å². The molecule has 0 unspecified atom stereocenters. The number of hydrogen-bond donors (Lipinski definition) is 0. The maximum absolute atomic E-state index is 15.2. The molecule has 60 heavy (non-hydrogen) atoms. The Balaban J connectivity index is 1.40. The molecule has 2 aliphatic carbocycles. The first-order valence-corrected chi connectivity index (χ1v) is 21.7. The van der Waals surface area contributed by atoms with Crippen molar-refractivity contribution in [3.63, 3.8) is 0 Å². The second-order valence-corrected chi connectivity index (χ2v) is 16.7. The van der Waals surface area contributed by atoms with Crippen molar-refractivity contribution in [2.24, 2.45) is 0 Å². The summed E-state index contributed by atoms with van der Waals surface area (Å²) in [7, 11) is 0. The zero-order valence-corrected chi connectivity index (χ0v) is 33.5. The van der Waals surface area contributed by atoms with Gasteiger partial charge in [-0.15, -0.1) is 0 Å². The van der Waals surface area contributed by atoms with Gasteiger partial charge in [0.2, 0.25) is 0 Å². The maximum Gasteiger partial charge on any atom is 0.151 e. The fourth-order valence-electron chi connectivity index (χ4n) is 10.5. The first-order valence-electron chi connectivity index (χ1n) is 21.7. The van der Waals surface area contributed by atoms with Crippen molar-refractivity contribution in [1.82, 2.24) is 0 Å². The number of anilines is 6. The molecule has 2 aliphatic heterocycles. The fraction of sp³-hybridized carbons (Fsp3) is 0.222. The van der Waals surface area contributed by atoms with E-state index in [-0.39, 0.29) is 23.5 Å². The highest BCUT2D eigenvalue weighted by molar-refractivity contribution is 6.07. The van der Waals surface area contributed by atoms with E-state index in [0.29, 0.717) is 0 Å². The van der Waals surface area contributed by atoms with Crippen molar-refractivity contribution in [2.75, 3.05) is 9.80 Å². The molecular formula is C54H46F2N2O2. The molecule has 0 aromatic heterocycles. The number of ether oxygens (including phenoxy) is 2. The molecule has 4 aliphatic rings. The van der Waals surface area contributed by atoms with Gasteiger partial charge in [-0.2, -0.15) is 0 Å². The van der Waals surface area contributed by atoms with E-state index in [1.54, 1.807) is 24.3 Å². The van der Waals surface area contributed by atoms with Crippen molar-refractivity contribution >= 4 is 34.1 Å². The first kappa shape index (κ1) is 36.7. The maximum atomic E-state index is 15.2. The molecule has 11 rings (SSSR count). The second-order valence-electron chi connectivity index (χ2n) is 16.7. The standard InChI is InChI=1S/C54H46F2N2O2/c55-39-31-27-37(28-32-39)50-49(35-15-3-1-4-16-35)51(38-29-33-40(56)34-30-38)54(58-43-21-9-13-25-47(43)60-48-26-14-10-22-44(48)58)52(36-17-5-2-6-18-36)53(50)57-41-19-7-11-23-45(41)59-46-24-12-8-20-42(46)57/h7-14,19-36H,1-6,15-18H2. The van der Waals surface area contributed by atoms with Crippen LogP contribution in [0.1, 0.15) is 87.2 Å². The molecule has 298 valence electrons. The minimum absolute atomic E-state index is 0.159. The summed E-state index contributed by atoms with van der Waals surface area (Å²) in [5.41, 5.74) is 12.6. The van der Waals surface area contributed by atoms with Gasteiger partial charge in [-0.05, 0) is 127 Å². The van der Waals surface area contributed by atoms with Crippen LogP contribution in [0.5, 0.6) is 23.0 Å². The third-order valence-corrected chi connectivity index (χ3v) is 13.1. The summed E-state index contributed by atoms with van der Waals surface area (Å²) in [6.07, 6.45) is 10.8. The topological polar surface area (TPSA) is 24.9 Å². The number of nitrogens with zero attached hydrogens (tertiary/aromatic N) is 2. The van der Waals surface area contributed by atoms with Gasteiger partial charge in [0.05, 0.1) is 34.1 Å². The summed E-state index contributed by atoms with van der Waals surface area (Å²) in [6.45, 7) is 0. The summed E-state index contributed by atoms with van der Waals surface area (Å²) >= 11 is 0. The Labute approximate surface area is 350 Å². The Hall–Kier alpha value is -6.40. The lowest BCUT2D eigenvalue weighted by Gasteiger charge is -2.44. The monoisotopic (exact) mass is 792 g/mol. The molecule has 6 heteroatoms. The molecule has 0 radical (unpaired) electrons. The fourth-order valence-corrected chi connectivity index (χ4v) is 10.5. The largest absolute Gasteiger partial charge is 0.453 e. The van der Waals surface area contributed by atoms with E-state index in [4.69, 9.17) is 9.47 Å². The Bertz CT molecular complexity index is 2460. The number of rotatable bonds is 6. The van der Waals surface area contributed by atoms with Gasteiger partial charge in [0, 0.05) is 16.7 Å². The van der Waals surface area contributed by atoms with Crippen LogP contribution in [0.2, 0.25) is 0 Å². The summed E-state index contributed by atoms with van der Waals surface area (Å²) in [5.74, 6) is 2.91. The van der Waals surface area contributed by atoms with Gasteiger partial charge in [0.25, 0.3) is 0 Å². The molecule has 2 saturated carbocycles. The zero-order valence-electron chi connectivity index (χ0n) is 33.5. The van der Waals surface area contributed by atoms with Crippen molar-refractivity contribution in [2.45, 2.75) is 76.0 Å². The smallest absolute Gasteiger partial charge is 0.151 e. The van der Waals surface area contributed by atoms with Gasteiger partial charge in [0.15, 0.2) is 23.0 Å². The number of benzene rings is 7. The number of fused-ring (bicyclic) bond motifs is 4. The predicted molar refractivity (Wildman–Crippen MR) is 238 cm³/mol. The molecule has 0 saturated heterocycles. The van der Waals surface area contributed by atoms with Crippen LogP contribution in [0.15, 0.2) is 146 Å². The van der Waals surface area contributed by atoms with Crippen LogP contribution in [-0.2, 0) is 0 Å². The lowest BCUT2D eigenvalue weighted by molar-refractivity contribution is 0.440. The zero-order chi connectivity index (χ0) is 40.2. The molecule has 0 amide bonds. The Morgan fingerprint density at radius 3 is 1.03 bits per heavy atom. The number of hydrogen-bond acceptors (Lipinski definition) is 4. The van der Waals surface area contributed by atoms with Crippen molar-refractivity contribution in [1.29, 1.82) is 0 Å². The second kappa shape index (κ2) is 15.3. The van der Waals surface area contributed by atoms with Gasteiger partial charge >= 0.3 is 0 Å². The third kappa shape index (κ3) is 6.23. The molecule has 0 atom stereocenters. The van der Waals surface area contributed by atoms with E-state index < -0.39 is 0 Å². The van der Waals surface area contributed by atoms with Crippen LogP contribution in [0.25, 0.3) is 22.3 Å². The minimum atomic E-state index is -0.272. The highest BCUT2D eigenvalue weighted by atomic mass is 19.1. The summed E-state index contributed by atoms with van der Waals surface area (Å²) in [4.78, 5) is 4.92. The van der Waals surface area contributed by atoms with Gasteiger partial charge in [0.1, 0.15) is 11.6 Å². The van der Waals surface area contributed by atoms with E-state index in [1.807, 2.05) is 48.5 Å². The van der Waals surface area contributed by atoms with E-state index in [9.17, 15) is 0 Å². The SMILES string of the molecule is Fc1ccc(-c2c(C3CCCCC3)c(-c3ccc(F)cc3)c(N3c4ccccc4Oc4ccccc43)c(C3CCCCC3)c2N2c3ccccc3Oc3ccccc32)cc1. The summed E-state index contributed by atoms with van der Waals surface area (Å²) in [6, 6.07) is 47.7. The molecule has 4 nitrogen and oxygen atoms in total. The van der Waals surface area contributed by atoms with E-state index in [1.165, 1.54) is 24.0 Å². The molecule has 2 heterocycles. The molecule has 0 bridgehead atoms. The normalized spacial score (nSPS) is 16.2. The van der Waals surface area contributed by atoms with Crippen LogP contribution < -0.4 is 19.3 Å². The summed E-state index contributed by atoms with van der Waals surface area (Å²) in [5, 5.41) is 0. The molecule has 7 aromatic carbocycles. The average Bonchev–Trinajstić information content (AvgIpc) is 3.30. The lowest BCUT2D eigenvalue weighted by Crippen LogP contribution is -2.26. The van der Waals surface area contributed by atoms with Gasteiger partial charge in [-0.3, -0.25) is 0 Å². The molecule has 0 N–H and O–H groups in total. The average molecular weight is 793 g/mol. The summed E-state index contributed by atoms with van der Waals surface area (Å²) < 4.78 is 43.8. The van der Waals surface area contributed by atoms with Gasteiger partial charge in [-0.25, -0.2) is 8.78 Å². The van der Waals surface area contributed by atoms with E-state index >= 15 is 8.78 Å². The molecular weight excluding hydrogens is 747 g/mol. The van der Waals surface area contributed by atoms with Crippen LogP contribution in [0.4, 0.5) is 42.9 Å². The van der Waals surface area contributed by atoms with Gasteiger partial charge < -0.3 is 19.3 Å². The highest BCUT2D eigenvalue weighted by Crippen LogP contribution is 2.64. The highest BCUT2D eigenvalue weighted by Gasteiger charge is 2.41. The molecule has 2 fully saturated rings. The number of halogens is 2. The van der Waals surface area contributed by atoms with Crippen LogP contribution in [0, 0.1) is 11.6 Å².